The predicted molar refractivity (Wildman–Crippen MR) is 136 cm³/mol. The second kappa shape index (κ2) is 8.94. The van der Waals surface area contributed by atoms with Crippen LogP contribution in [0.3, 0.4) is 0 Å². The van der Waals surface area contributed by atoms with Crippen molar-refractivity contribution in [3.63, 3.8) is 0 Å². The molecule has 5 aromatic rings. The summed E-state index contributed by atoms with van der Waals surface area (Å²) in [6, 6.07) is 17.9. The summed E-state index contributed by atoms with van der Waals surface area (Å²) in [5.74, 6) is -0.456. The van der Waals surface area contributed by atoms with E-state index in [-0.39, 0.29) is 23.2 Å². The van der Waals surface area contributed by atoms with E-state index in [9.17, 15) is 13.6 Å². The fourth-order valence-corrected chi connectivity index (χ4v) is 4.35. The maximum absolute atomic E-state index is 14.1. The zero-order valence-electron chi connectivity index (χ0n) is 17.9. The van der Waals surface area contributed by atoms with Crippen molar-refractivity contribution in [3.8, 4) is 22.6 Å². The van der Waals surface area contributed by atoms with Gasteiger partial charge in [-0.2, -0.15) is 0 Å². The van der Waals surface area contributed by atoms with E-state index >= 15 is 0 Å². The first-order chi connectivity index (χ1) is 16.4. The van der Waals surface area contributed by atoms with Crippen molar-refractivity contribution < 1.29 is 13.6 Å². The minimum Gasteiger partial charge on any atom is -0.321 e. The highest BCUT2D eigenvalue weighted by Crippen LogP contribution is 2.31. The number of hydrogen-bond acceptors (Lipinski definition) is 3. The van der Waals surface area contributed by atoms with Crippen LogP contribution in [0.15, 0.2) is 79.1 Å². The number of fused-ring (bicyclic) bond motifs is 1. The zero-order valence-corrected chi connectivity index (χ0v) is 20.0. The summed E-state index contributed by atoms with van der Waals surface area (Å²) in [7, 11) is 0. The largest absolute Gasteiger partial charge is 0.321 e. The molecule has 5 rings (SSSR count). The molecule has 3 heterocycles. The van der Waals surface area contributed by atoms with E-state index in [0.29, 0.717) is 31.9 Å². The normalized spacial score (nSPS) is 11.1. The minimum atomic E-state index is -0.388. The summed E-state index contributed by atoms with van der Waals surface area (Å²) in [4.78, 5) is 22.1. The van der Waals surface area contributed by atoms with Crippen LogP contribution < -0.4 is 5.32 Å². The molecule has 0 spiro atoms. The second-order valence-corrected chi connectivity index (χ2v) is 8.76. The van der Waals surface area contributed by atoms with Gasteiger partial charge in [-0.05, 0) is 89.7 Å². The topological polar surface area (TPSA) is 59.3 Å². The average molecular weight is 566 g/mol. The number of hydrogen-bond donors (Lipinski definition) is 1. The van der Waals surface area contributed by atoms with Crippen molar-refractivity contribution in [2.75, 3.05) is 5.32 Å². The predicted octanol–water partition coefficient (Wildman–Crippen LogP) is 6.51. The van der Waals surface area contributed by atoms with E-state index in [4.69, 9.17) is 0 Å². The maximum atomic E-state index is 14.1. The number of imidazole rings is 1. The molecule has 3 aromatic heterocycles. The zero-order chi connectivity index (χ0) is 23.8. The van der Waals surface area contributed by atoms with Crippen molar-refractivity contribution in [2.24, 2.45) is 0 Å². The highest BCUT2D eigenvalue weighted by atomic mass is 127. The van der Waals surface area contributed by atoms with E-state index in [0.717, 1.165) is 11.1 Å². The third-order valence-electron chi connectivity index (χ3n) is 5.45. The van der Waals surface area contributed by atoms with Crippen LogP contribution in [0, 0.1) is 22.1 Å². The molecule has 1 amide bonds. The average Bonchev–Trinajstić information content (AvgIpc) is 3.27. The molecular formula is C26H17F2IN4O. The molecule has 168 valence electrons. The molecule has 8 heteroatoms. The number of nitrogens with zero attached hydrogens (tertiary/aromatic N) is 3. The molecule has 0 aliphatic heterocycles. The maximum Gasteiger partial charge on any atom is 0.274 e. The van der Waals surface area contributed by atoms with Crippen LogP contribution in [0.2, 0.25) is 0 Å². The number of aryl methyl sites for hydroxylation is 1. The Labute approximate surface area is 207 Å². The molecule has 2 aromatic carbocycles. The molecule has 1 N–H and O–H groups in total. The monoisotopic (exact) mass is 566 g/mol. The Balaban J connectivity index is 1.55. The lowest BCUT2D eigenvalue weighted by Crippen LogP contribution is -2.15. The van der Waals surface area contributed by atoms with Crippen LogP contribution >= 0.6 is 22.6 Å². The first kappa shape index (κ1) is 22.1. The van der Waals surface area contributed by atoms with Gasteiger partial charge in [-0.15, -0.1) is 0 Å². The van der Waals surface area contributed by atoms with Crippen LogP contribution in [0.1, 0.15) is 16.1 Å². The highest BCUT2D eigenvalue weighted by molar-refractivity contribution is 14.1. The lowest BCUT2D eigenvalue weighted by molar-refractivity contribution is 0.102. The summed E-state index contributed by atoms with van der Waals surface area (Å²) in [6.07, 6.45) is 3.57. The summed E-state index contributed by atoms with van der Waals surface area (Å²) in [5, 5.41) is 2.76. The Morgan fingerprint density at radius 2 is 1.74 bits per heavy atom. The Morgan fingerprint density at radius 3 is 2.53 bits per heavy atom. The molecule has 0 aliphatic carbocycles. The van der Waals surface area contributed by atoms with Crippen LogP contribution in [0.5, 0.6) is 0 Å². The number of pyridine rings is 2. The van der Waals surface area contributed by atoms with Crippen molar-refractivity contribution in [1.29, 1.82) is 0 Å². The number of benzene rings is 2. The molecule has 0 unspecified atom stereocenters. The molecule has 0 bridgehead atoms. The third kappa shape index (κ3) is 4.05. The number of aromatic nitrogens is 3. The second-order valence-electron chi connectivity index (χ2n) is 7.68. The summed E-state index contributed by atoms with van der Waals surface area (Å²) < 4.78 is 29.7. The van der Waals surface area contributed by atoms with Gasteiger partial charge in [0.1, 0.15) is 23.2 Å². The standard InChI is InChI=1S/C26H17F2IN4O/c1-15-7-12-21(32-24(15)26(34)31-17-10-8-16(27)9-11-17)18-5-3-13-33-22(18)14-30-25(33)19-4-2-6-20(28)23(19)29/h2-14H,1H3,(H,31,34). The molecule has 0 saturated carbocycles. The number of nitrogens with one attached hydrogen (secondary N) is 1. The first-order valence-electron chi connectivity index (χ1n) is 10.4. The molecule has 0 fully saturated rings. The molecule has 0 atom stereocenters. The SMILES string of the molecule is Cc1ccc(-c2cccn3c(-c4cccc(F)c4I)ncc23)nc1C(=O)Nc1ccc(F)cc1. The van der Waals surface area contributed by atoms with Gasteiger partial charge >= 0.3 is 0 Å². The Kier molecular flexibility index (Phi) is 5.82. The fourth-order valence-electron chi connectivity index (χ4n) is 3.75. The van der Waals surface area contributed by atoms with Crippen molar-refractivity contribution in [3.05, 3.63) is 106 Å². The van der Waals surface area contributed by atoms with E-state index < -0.39 is 0 Å². The van der Waals surface area contributed by atoms with Gasteiger partial charge in [0.25, 0.3) is 5.91 Å². The van der Waals surface area contributed by atoms with Gasteiger partial charge in [-0.3, -0.25) is 9.20 Å². The van der Waals surface area contributed by atoms with E-state index in [1.807, 2.05) is 63.5 Å². The minimum absolute atomic E-state index is 0.267. The number of anilines is 1. The number of amides is 1. The molecule has 5 nitrogen and oxygen atoms in total. The third-order valence-corrected chi connectivity index (χ3v) is 6.55. The molecule has 0 aliphatic rings. The van der Waals surface area contributed by atoms with Gasteiger partial charge in [0.05, 0.1) is 21.0 Å². The van der Waals surface area contributed by atoms with Gasteiger partial charge in [0.2, 0.25) is 0 Å². The van der Waals surface area contributed by atoms with Crippen LogP contribution in [0.4, 0.5) is 14.5 Å². The van der Waals surface area contributed by atoms with E-state index in [2.05, 4.69) is 15.3 Å². The van der Waals surface area contributed by atoms with Crippen molar-refractivity contribution >= 4 is 39.7 Å². The van der Waals surface area contributed by atoms with Gasteiger partial charge < -0.3 is 5.32 Å². The van der Waals surface area contributed by atoms with Crippen molar-refractivity contribution in [1.82, 2.24) is 14.4 Å². The van der Waals surface area contributed by atoms with Crippen molar-refractivity contribution in [2.45, 2.75) is 6.92 Å². The smallest absolute Gasteiger partial charge is 0.274 e. The molecule has 0 saturated heterocycles. The number of carbonyl (C=O) groups excluding carboxylic acids is 1. The summed E-state index contributed by atoms with van der Waals surface area (Å²) >= 11 is 1.98. The number of rotatable bonds is 4. The summed E-state index contributed by atoms with van der Waals surface area (Å²) in [6.45, 7) is 1.81. The molecule has 34 heavy (non-hydrogen) atoms. The molecular weight excluding hydrogens is 549 g/mol. The fraction of sp³-hybridized carbons (Fsp3) is 0.0385. The molecule has 0 radical (unpaired) electrons. The van der Waals surface area contributed by atoms with Gasteiger partial charge in [-0.1, -0.05) is 12.1 Å². The summed E-state index contributed by atoms with van der Waals surface area (Å²) in [5.41, 5.74) is 4.30. The van der Waals surface area contributed by atoms with Gasteiger partial charge in [-0.25, -0.2) is 18.7 Å². The van der Waals surface area contributed by atoms with E-state index in [1.54, 1.807) is 19.2 Å². The Bertz CT molecular complexity index is 1550. The van der Waals surface area contributed by atoms with Gasteiger partial charge in [0.15, 0.2) is 0 Å². The van der Waals surface area contributed by atoms with Crippen LogP contribution in [-0.2, 0) is 0 Å². The highest BCUT2D eigenvalue weighted by Gasteiger charge is 2.17. The van der Waals surface area contributed by atoms with E-state index in [1.165, 1.54) is 30.3 Å². The quantitative estimate of drug-likeness (QED) is 0.253. The number of carbonyl (C=O) groups is 1. The Hall–Kier alpha value is -3.66. The van der Waals surface area contributed by atoms with Crippen LogP contribution in [-0.4, -0.2) is 20.3 Å². The van der Waals surface area contributed by atoms with Gasteiger partial charge in [0, 0.05) is 23.0 Å². The lowest BCUT2D eigenvalue weighted by atomic mass is 10.1. The lowest BCUT2D eigenvalue weighted by Gasteiger charge is -2.11. The first-order valence-corrected chi connectivity index (χ1v) is 11.5. The van der Waals surface area contributed by atoms with Crippen LogP contribution in [0.25, 0.3) is 28.2 Å². The Morgan fingerprint density at radius 1 is 0.971 bits per heavy atom. The number of halogens is 3.